The lowest BCUT2D eigenvalue weighted by atomic mass is 9.98. The Morgan fingerprint density at radius 3 is 2.71 bits per heavy atom. The van der Waals surface area contributed by atoms with E-state index < -0.39 is 18.4 Å². The molecule has 2 fully saturated rings. The summed E-state index contributed by atoms with van der Waals surface area (Å²) in [6.07, 6.45) is 3.61. The number of rotatable bonds is 5. The lowest BCUT2D eigenvalue weighted by Gasteiger charge is -2.36. The molecule has 0 aliphatic carbocycles. The molecule has 0 spiro atoms. The van der Waals surface area contributed by atoms with Gasteiger partial charge in [0.15, 0.2) is 0 Å². The predicted molar refractivity (Wildman–Crippen MR) is 80.0 cm³/mol. The summed E-state index contributed by atoms with van der Waals surface area (Å²) in [6, 6.07) is 9.42. The van der Waals surface area contributed by atoms with Crippen LogP contribution in [0.5, 0.6) is 0 Å². The number of aliphatic hydroxyl groups is 1. The number of ether oxygens (including phenoxy) is 1. The Bertz CT molecular complexity index is 570. The van der Waals surface area contributed by atoms with Crippen LogP contribution in [0, 0.1) is 0 Å². The van der Waals surface area contributed by atoms with Crippen LogP contribution in [-0.4, -0.2) is 49.2 Å². The third kappa shape index (κ3) is 2.97. The fraction of sp³-hybridized carbons (Fsp3) is 0.588. The van der Waals surface area contributed by atoms with Crippen molar-refractivity contribution in [2.45, 2.75) is 49.8 Å². The van der Waals surface area contributed by atoms with Crippen LogP contribution in [0.3, 0.4) is 0 Å². The van der Waals surface area contributed by atoms with Crippen molar-refractivity contribution in [1.82, 2.24) is 4.90 Å². The van der Waals surface area contributed by atoms with Crippen molar-refractivity contribution < 1.29 is 17.4 Å². The molecule has 2 heterocycles. The fourth-order valence-electron chi connectivity index (χ4n) is 3.59. The predicted octanol–water partition coefficient (Wildman–Crippen LogP) is 1.93. The van der Waals surface area contributed by atoms with Gasteiger partial charge in [-0.25, -0.2) is 0 Å². The maximum Gasteiger partial charge on any atom is 0.316 e. The third-order valence-corrected chi connectivity index (χ3v) is 4.82. The van der Waals surface area contributed by atoms with E-state index in [-0.39, 0.29) is 6.10 Å². The molecule has 1 aromatic rings. The molecule has 2 bridgehead atoms. The van der Waals surface area contributed by atoms with Gasteiger partial charge in [-0.2, -0.15) is 0 Å². The summed E-state index contributed by atoms with van der Waals surface area (Å²) in [5, 5.41) is 4.21. The first-order chi connectivity index (χ1) is 11.4. The van der Waals surface area contributed by atoms with Crippen molar-refractivity contribution in [2.24, 2.45) is 0 Å². The number of benzene rings is 1. The van der Waals surface area contributed by atoms with Gasteiger partial charge in [-0.15, -0.1) is 0 Å². The van der Waals surface area contributed by atoms with Crippen LogP contribution in [0.4, 0.5) is 0 Å². The Balaban J connectivity index is 1.75. The van der Waals surface area contributed by atoms with Gasteiger partial charge in [0.25, 0.3) is 0 Å². The number of nitrogens with zero attached hydrogens (tertiary/aromatic N) is 1. The summed E-state index contributed by atoms with van der Waals surface area (Å²) >= 11 is 0. The highest BCUT2D eigenvalue weighted by atomic mass is 16.5. The van der Waals surface area contributed by atoms with Crippen molar-refractivity contribution in [3.05, 3.63) is 35.9 Å². The molecule has 0 aromatic heterocycles. The molecule has 1 aromatic carbocycles. The van der Waals surface area contributed by atoms with Gasteiger partial charge in [0.05, 0.1) is 9.30 Å². The molecule has 2 aliphatic rings. The zero-order valence-electron chi connectivity index (χ0n) is 15.2. The van der Waals surface area contributed by atoms with Crippen LogP contribution >= 0.6 is 0 Å². The van der Waals surface area contributed by atoms with Crippen LogP contribution in [0.1, 0.15) is 39.9 Å². The smallest absolute Gasteiger partial charge is 0.316 e. The van der Waals surface area contributed by atoms with Gasteiger partial charge in [0.2, 0.25) is 1.43 Å². The maximum atomic E-state index is 12.7. The summed E-state index contributed by atoms with van der Waals surface area (Å²) in [5.74, 6) is -1.93. The van der Waals surface area contributed by atoms with E-state index in [1.165, 1.54) is 0 Å². The molecule has 1 N–H and O–H groups in total. The van der Waals surface area contributed by atoms with Gasteiger partial charge < -0.3 is 14.7 Å². The Hall–Kier alpha value is -1.39. The second-order valence-electron chi connectivity index (χ2n) is 6.04. The van der Waals surface area contributed by atoms with E-state index in [0.717, 1.165) is 25.7 Å². The number of fused-ring (bicyclic) bond motifs is 2. The summed E-state index contributed by atoms with van der Waals surface area (Å²) in [6.45, 7) is -2.44. The van der Waals surface area contributed by atoms with Gasteiger partial charge in [0.1, 0.15) is 12.0 Å². The molecule has 0 saturated carbocycles. The van der Waals surface area contributed by atoms with Gasteiger partial charge in [0, 0.05) is 12.1 Å². The topological polar surface area (TPSA) is 49.8 Å². The summed E-state index contributed by atoms with van der Waals surface area (Å²) in [4.78, 5) is 15.0. The van der Waals surface area contributed by atoms with Crippen molar-refractivity contribution in [3.63, 3.8) is 0 Å². The van der Waals surface area contributed by atoms with E-state index in [0.29, 0.717) is 17.6 Å². The number of piperidine rings is 1. The summed E-state index contributed by atoms with van der Waals surface area (Å²) in [5.41, 5.74) is 0.454. The van der Waals surface area contributed by atoms with Gasteiger partial charge in [-0.1, -0.05) is 30.3 Å². The highest BCUT2D eigenvalue weighted by Gasteiger charge is 2.40. The molecule has 3 atom stereocenters. The van der Waals surface area contributed by atoms with Crippen LogP contribution in [-0.2, 0) is 9.53 Å². The number of carbonyl (C=O) groups excluding carboxylic acids is 1. The zero-order valence-corrected chi connectivity index (χ0v) is 12.2. The first-order valence-corrected chi connectivity index (χ1v) is 7.54. The Morgan fingerprint density at radius 2 is 2.10 bits per heavy atom. The van der Waals surface area contributed by atoms with E-state index in [2.05, 4.69) is 17.1 Å². The number of hydrogen-bond acceptors (Lipinski definition) is 4. The fourth-order valence-corrected chi connectivity index (χ4v) is 3.59. The average molecular weight is 292 g/mol. The molecule has 3 rings (SSSR count). The molecule has 2 saturated heterocycles. The molecule has 21 heavy (non-hydrogen) atoms. The highest BCUT2D eigenvalue weighted by molar-refractivity contribution is 5.78. The average Bonchev–Trinajstić information content (AvgIpc) is 2.77. The minimum absolute atomic E-state index is 0.195. The van der Waals surface area contributed by atoms with Crippen LogP contribution in [0.25, 0.3) is 0 Å². The van der Waals surface area contributed by atoms with E-state index >= 15 is 0 Å². The summed E-state index contributed by atoms with van der Waals surface area (Å²) in [7, 11) is 2.11. The first-order valence-electron chi connectivity index (χ1n) is 8.95. The Labute approximate surface area is 130 Å². The quantitative estimate of drug-likeness (QED) is 0.843. The molecular weight excluding hydrogens is 266 g/mol. The number of carbonyl (C=O) groups is 1. The molecule has 2 aliphatic heterocycles. The summed E-state index contributed by atoms with van der Waals surface area (Å²) < 4.78 is 28.4. The molecular formula is C17H23NO3. The Morgan fingerprint density at radius 1 is 1.43 bits per heavy atom. The van der Waals surface area contributed by atoms with E-state index in [1.807, 2.05) is 0 Å². The van der Waals surface area contributed by atoms with Crippen LogP contribution < -0.4 is 0 Å². The number of esters is 1. The largest absolute Gasteiger partial charge is 0.462 e. The second kappa shape index (κ2) is 6.16. The lowest BCUT2D eigenvalue weighted by molar-refractivity contribution is -0.155. The molecule has 114 valence electrons. The maximum absolute atomic E-state index is 12.7. The van der Waals surface area contributed by atoms with Gasteiger partial charge >= 0.3 is 5.97 Å². The third-order valence-electron chi connectivity index (χ3n) is 4.82. The minimum atomic E-state index is -2.44. The van der Waals surface area contributed by atoms with Crippen molar-refractivity contribution >= 4 is 5.97 Å². The molecule has 0 amide bonds. The second-order valence-corrected chi connectivity index (χ2v) is 6.04. The van der Waals surface area contributed by atoms with Crippen molar-refractivity contribution in [2.75, 3.05) is 13.6 Å². The van der Waals surface area contributed by atoms with E-state index in [1.54, 1.807) is 30.3 Å². The minimum Gasteiger partial charge on any atom is -0.462 e. The molecule has 3 unspecified atom stereocenters. The van der Waals surface area contributed by atoms with Crippen molar-refractivity contribution in [1.29, 1.82) is 1.43 Å². The SMILES string of the molecule is [2H]OC([2H])([2H])C(C(=O)OC1CC2CCC(C1)N2C)c1ccccc1. The molecule has 4 nitrogen and oxygen atoms in total. The Kier molecular flexibility index (Phi) is 3.29. The van der Waals surface area contributed by atoms with Crippen LogP contribution in [0.15, 0.2) is 30.3 Å². The van der Waals surface area contributed by atoms with Gasteiger partial charge in [-0.3, -0.25) is 4.79 Å². The standard InChI is InChI=1S/C17H23NO3/c1-18-13-7-8-14(18)10-15(9-13)21-17(20)16(11-19)12-5-3-2-4-6-12/h2-6,13-16,19H,7-11H2,1H3/i11D2,19D. The van der Waals surface area contributed by atoms with Gasteiger partial charge in [-0.05, 0) is 38.3 Å². The molecule has 0 radical (unpaired) electrons. The lowest BCUT2D eigenvalue weighted by Crippen LogP contribution is -2.43. The van der Waals surface area contributed by atoms with E-state index in [4.69, 9.17) is 8.91 Å². The highest BCUT2D eigenvalue weighted by Crippen LogP contribution is 2.36. The monoisotopic (exact) mass is 292 g/mol. The first kappa shape index (κ1) is 11.2. The van der Waals surface area contributed by atoms with Crippen LogP contribution in [0.2, 0.25) is 0 Å². The van der Waals surface area contributed by atoms with Crippen molar-refractivity contribution in [3.8, 4) is 0 Å². The normalized spacial score (nSPS) is 32.8. The molecule has 4 heteroatoms. The van der Waals surface area contributed by atoms with E-state index in [9.17, 15) is 4.79 Å². The number of hydrogen-bond donors (Lipinski definition) is 1. The zero-order chi connectivity index (χ0) is 17.3.